The van der Waals surface area contributed by atoms with E-state index in [0.29, 0.717) is 5.92 Å². The van der Waals surface area contributed by atoms with Crippen molar-refractivity contribution < 1.29 is 5.11 Å². The van der Waals surface area contributed by atoms with E-state index in [1.807, 2.05) is 6.07 Å². The van der Waals surface area contributed by atoms with E-state index < -0.39 is 6.10 Å². The van der Waals surface area contributed by atoms with Crippen molar-refractivity contribution in [3.63, 3.8) is 0 Å². The molecule has 0 fully saturated rings. The summed E-state index contributed by atoms with van der Waals surface area (Å²) in [4.78, 5) is 4.42. The van der Waals surface area contributed by atoms with Gasteiger partial charge in [0.2, 0.25) is 0 Å². The number of benzene rings is 1. The Morgan fingerprint density at radius 2 is 2.10 bits per heavy atom. The van der Waals surface area contributed by atoms with Crippen molar-refractivity contribution in [3.05, 3.63) is 65.0 Å². The van der Waals surface area contributed by atoms with Gasteiger partial charge in [0, 0.05) is 6.20 Å². The molecule has 0 amide bonds. The minimum atomic E-state index is -0.461. The van der Waals surface area contributed by atoms with Crippen molar-refractivity contribution in [1.82, 2.24) is 4.98 Å². The molecule has 1 aliphatic carbocycles. The zero-order valence-electron chi connectivity index (χ0n) is 12.6. The molecule has 0 spiro atoms. The number of fused-ring (bicyclic) bond motifs is 1. The van der Waals surface area contributed by atoms with Crippen LogP contribution in [-0.2, 0) is 12.8 Å². The molecule has 2 atom stereocenters. The number of aliphatic hydroxyl groups is 1. The van der Waals surface area contributed by atoms with Gasteiger partial charge in [-0.2, -0.15) is 0 Å². The number of aromatic nitrogens is 1. The van der Waals surface area contributed by atoms with Gasteiger partial charge in [-0.3, -0.25) is 4.98 Å². The van der Waals surface area contributed by atoms with Crippen LogP contribution in [0, 0.1) is 0 Å². The summed E-state index contributed by atoms with van der Waals surface area (Å²) in [7, 11) is 0. The van der Waals surface area contributed by atoms with Crippen molar-refractivity contribution >= 4 is 0 Å². The summed E-state index contributed by atoms with van der Waals surface area (Å²) in [5, 5.41) is 10.6. The van der Waals surface area contributed by atoms with Gasteiger partial charge < -0.3 is 5.11 Å². The van der Waals surface area contributed by atoms with Crippen LogP contribution in [0.5, 0.6) is 0 Å². The highest BCUT2D eigenvalue weighted by atomic mass is 16.3. The van der Waals surface area contributed by atoms with E-state index in [4.69, 9.17) is 0 Å². The summed E-state index contributed by atoms with van der Waals surface area (Å²) < 4.78 is 0. The maximum Gasteiger partial charge on any atom is 0.0968 e. The van der Waals surface area contributed by atoms with Gasteiger partial charge >= 0.3 is 0 Å². The molecular formula is C19H23NO. The van der Waals surface area contributed by atoms with Gasteiger partial charge in [0.05, 0.1) is 11.8 Å². The highest BCUT2D eigenvalue weighted by Gasteiger charge is 2.24. The van der Waals surface area contributed by atoms with Crippen LogP contribution in [0.25, 0.3) is 0 Å². The molecule has 1 N–H and O–H groups in total. The molecule has 2 unspecified atom stereocenters. The van der Waals surface area contributed by atoms with Crippen LogP contribution in [0.3, 0.4) is 0 Å². The van der Waals surface area contributed by atoms with Crippen LogP contribution < -0.4 is 0 Å². The zero-order chi connectivity index (χ0) is 14.7. The van der Waals surface area contributed by atoms with Crippen LogP contribution in [0.1, 0.15) is 60.6 Å². The Morgan fingerprint density at radius 1 is 1.24 bits per heavy atom. The van der Waals surface area contributed by atoms with Crippen LogP contribution >= 0.6 is 0 Å². The van der Waals surface area contributed by atoms with E-state index in [-0.39, 0.29) is 0 Å². The van der Waals surface area contributed by atoms with E-state index in [9.17, 15) is 5.11 Å². The largest absolute Gasteiger partial charge is 0.387 e. The van der Waals surface area contributed by atoms with E-state index in [0.717, 1.165) is 24.1 Å². The van der Waals surface area contributed by atoms with Crippen LogP contribution in [-0.4, -0.2) is 10.1 Å². The lowest BCUT2D eigenvalue weighted by molar-refractivity contribution is 0.148. The van der Waals surface area contributed by atoms with E-state index >= 15 is 0 Å². The fourth-order valence-corrected chi connectivity index (χ4v) is 3.53. The molecule has 0 saturated carbocycles. The molecule has 1 aromatic heterocycles. The normalized spacial score (nSPS) is 19.0. The van der Waals surface area contributed by atoms with Crippen molar-refractivity contribution in [2.75, 3.05) is 0 Å². The highest BCUT2D eigenvalue weighted by molar-refractivity contribution is 5.33. The quantitative estimate of drug-likeness (QED) is 0.911. The first-order valence-corrected chi connectivity index (χ1v) is 7.99. The van der Waals surface area contributed by atoms with Crippen molar-refractivity contribution in [2.24, 2.45) is 0 Å². The minimum absolute atomic E-state index is 0.455. The Balaban J connectivity index is 1.81. The average Bonchev–Trinajstić information content (AvgIpc) is 2.55. The first-order chi connectivity index (χ1) is 10.3. The summed E-state index contributed by atoms with van der Waals surface area (Å²) in [6.45, 7) is 2.11. The second-order valence-corrected chi connectivity index (χ2v) is 5.94. The van der Waals surface area contributed by atoms with Gasteiger partial charge in [-0.05, 0) is 60.8 Å². The number of nitrogens with zero attached hydrogens (tertiary/aromatic N) is 1. The van der Waals surface area contributed by atoms with E-state index in [2.05, 4.69) is 42.2 Å². The molecule has 0 saturated heterocycles. The Kier molecular flexibility index (Phi) is 4.35. The van der Waals surface area contributed by atoms with Crippen LogP contribution in [0.15, 0.2) is 42.6 Å². The summed E-state index contributed by atoms with van der Waals surface area (Å²) in [6.07, 6.45) is 6.58. The smallest absolute Gasteiger partial charge is 0.0968 e. The van der Waals surface area contributed by atoms with Gasteiger partial charge in [-0.15, -0.1) is 0 Å². The second kappa shape index (κ2) is 6.40. The molecule has 21 heavy (non-hydrogen) atoms. The van der Waals surface area contributed by atoms with Gasteiger partial charge in [-0.1, -0.05) is 37.3 Å². The molecule has 2 aromatic rings. The Labute approximate surface area is 126 Å². The molecule has 0 aliphatic heterocycles. The van der Waals surface area contributed by atoms with Crippen molar-refractivity contribution in [1.29, 1.82) is 0 Å². The first kappa shape index (κ1) is 14.3. The zero-order valence-corrected chi connectivity index (χ0v) is 12.6. The van der Waals surface area contributed by atoms with E-state index in [1.54, 1.807) is 6.20 Å². The standard InChI is InChI=1S/C19H23NO/c1-2-14-10-6-12-20-19(14)18(21)13-16-9-5-8-15-7-3-4-11-17(15)16/h3-4,6-7,10-12,16,18,21H,2,5,8-9,13H2,1H3. The topological polar surface area (TPSA) is 33.1 Å². The fraction of sp³-hybridized carbons (Fsp3) is 0.421. The number of hydrogen-bond donors (Lipinski definition) is 1. The monoisotopic (exact) mass is 281 g/mol. The summed E-state index contributed by atoms with van der Waals surface area (Å²) >= 11 is 0. The number of pyridine rings is 1. The number of aryl methyl sites for hydroxylation is 2. The Hall–Kier alpha value is -1.67. The molecule has 2 heteroatoms. The predicted molar refractivity (Wildman–Crippen MR) is 85.3 cm³/mol. The lowest BCUT2D eigenvalue weighted by Gasteiger charge is -2.27. The molecule has 1 aliphatic rings. The molecule has 2 nitrogen and oxygen atoms in total. The lowest BCUT2D eigenvalue weighted by atomic mass is 9.79. The molecular weight excluding hydrogens is 258 g/mol. The summed E-state index contributed by atoms with van der Waals surface area (Å²) in [6, 6.07) is 12.7. The van der Waals surface area contributed by atoms with Crippen molar-refractivity contribution in [2.45, 2.75) is 51.0 Å². The fourth-order valence-electron chi connectivity index (χ4n) is 3.53. The van der Waals surface area contributed by atoms with Gasteiger partial charge in [0.15, 0.2) is 0 Å². The number of hydrogen-bond acceptors (Lipinski definition) is 2. The third-order valence-corrected chi connectivity index (χ3v) is 4.62. The maximum atomic E-state index is 10.6. The summed E-state index contributed by atoms with van der Waals surface area (Å²) in [5.74, 6) is 0.455. The van der Waals surface area contributed by atoms with Crippen LogP contribution in [0.2, 0.25) is 0 Å². The third kappa shape index (κ3) is 3.01. The van der Waals surface area contributed by atoms with Gasteiger partial charge in [0.1, 0.15) is 0 Å². The number of rotatable bonds is 4. The molecule has 1 aromatic carbocycles. The Bertz CT molecular complexity index is 608. The first-order valence-electron chi connectivity index (χ1n) is 7.99. The molecule has 3 rings (SSSR count). The second-order valence-electron chi connectivity index (χ2n) is 5.94. The highest BCUT2D eigenvalue weighted by Crippen LogP contribution is 2.37. The molecule has 0 radical (unpaired) electrons. The third-order valence-electron chi connectivity index (χ3n) is 4.62. The maximum absolute atomic E-state index is 10.6. The summed E-state index contributed by atoms with van der Waals surface area (Å²) in [5.41, 5.74) is 4.91. The molecule has 0 bridgehead atoms. The Morgan fingerprint density at radius 3 is 2.95 bits per heavy atom. The van der Waals surface area contributed by atoms with Gasteiger partial charge in [-0.25, -0.2) is 0 Å². The predicted octanol–water partition coefficient (Wildman–Crippen LogP) is 4.19. The van der Waals surface area contributed by atoms with E-state index in [1.165, 1.54) is 30.4 Å². The van der Waals surface area contributed by atoms with Crippen LogP contribution in [0.4, 0.5) is 0 Å². The lowest BCUT2D eigenvalue weighted by Crippen LogP contribution is -2.14. The SMILES string of the molecule is CCc1cccnc1C(O)CC1CCCc2ccccc21. The van der Waals surface area contributed by atoms with Crippen molar-refractivity contribution in [3.8, 4) is 0 Å². The average molecular weight is 281 g/mol. The number of aliphatic hydroxyl groups excluding tert-OH is 1. The van der Waals surface area contributed by atoms with Gasteiger partial charge in [0.25, 0.3) is 0 Å². The molecule has 110 valence electrons. The molecule has 1 heterocycles. The minimum Gasteiger partial charge on any atom is -0.387 e.